The summed E-state index contributed by atoms with van der Waals surface area (Å²) in [5.41, 5.74) is -1.12. The first-order valence-electron chi connectivity index (χ1n) is 2.31. The highest BCUT2D eigenvalue weighted by atomic mass is 19.3. The van der Waals surface area contributed by atoms with E-state index >= 15 is 0 Å². The predicted molar refractivity (Wildman–Crippen MR) is 27.7 cm³/mol. The molecular weight excluding hydrogens is 149 g/mol. The van der Waals surface area contributed by atoms with Gasteiger partial charge in [-0.2, -0.15) is 0 Å². The first kappa shape index (κ1) is 9.00. The number of carboxylic acid groups (broad SMARTS) is 1. The minimum atomic E-state index is -3.32. The Morgan fingerprint density at radius 1 is 1.40 bits per heavy atom. The SMILES string of the molecule is C=C(C(=O)O)C(F)C(F)F. The van der Waals surface area contributed by atoms with E-state index in [1.54, 1.807) is 0 Å². The van der Waals surface area contributed by atoms with Crippen LogP contribution in [0.3, 0.4) is 0 Å². The second-order valence-corrected chi connectivity index (χ2v) is 1.57. The van der Waals surface area contributed by atoms with Crippen molar-refractivity contribution < 1.29 is 23.1 Å². The molecule has 0 aliphatic carbocycles. The van der Waals surface area contributed by atoms with Crippen LogP contribution in [0.4, 0.5) is 13.2 Å². The van der Waals surface area contributed by atoms with Crippen molar-refractivity contribution in [1.29, 1.82) is 0 Å². The molecule has 0 rings (SSSR count). The third kappa shape index (κ3) is 2.08. The van der Waals surface area contributed by atoms with Gasteiger partial charge in [0, 0.05) is 0 Å². The summed E-state index contributed by atoms with van der Waals surface area (Å²) in [6.45, 7) is 2.62. The Bertz CT molecular complexity index is 155. The van der Waals surface area contributed by atoms with Crippen LogP contribution in [0, 0.1) is 0 Å². The van der Waals surface area contributed by atoms with E-state index in [9.17, 15) is 18.0 Å². The zero-order valence-electron chi connectivity index (χ0n) is 4.85. The molecule has 10 heavy (non-hydrogen) atoms. The Labute approximate surface area is 55.0 Å². The molecule has 0 bridgehead atoms. The van der Waals surface area contributed by atoms with Crippen LogP contribution in [0.25, 0.3) is 0 Å². The first-order chi connectivity index (χ1) is 4.46. The number of carbonyl (C=O) groups is 1. The summed E-state index contributed by atoms with van der Waals surface area (Å²) >= 11 is 0. The number of aliphatic carboxylic acids is 1. The fourth-order valence-electron chi connectivity index (χ4n) is 0.270. The largest absolute Gasteiger partial charge is 0.478 e. The molecule has 0 aromatic rings. The van der Waals surface area contributed by atoms with Gasteiger partial charge < -0.3 is 5.11 Å². The van der Waals surface area contributed by atoms with Crippen molar-refractivity contribution >= 4 is 5.97 Å². The number of halogens is 3. The topological polar surface area (TPSA) is 37.3 Å². The highest BCUT2D eigenvalue weighted by molar-refractivity contribution is 5.86. The van der Waals surface area contributed by atoms with Gasteiger partial charge in [0.25, 0.3) is 6.43 Å². The number of hydrogen-bond acceptors (Lipinski definition) is 1. The second kappa shape index (κ2) is 3.24. The van der Waals surface area contributed by atoms with E-state index in [1.165, 1.54) is 0 Å². The van der Waals surface area contributed by atoms with Gasteiger partial charge in [-0.15, -0.1) is 0 Å². The van der Waals surface area contributed by atoms with Crippen LogP contribution in [0.5, 0.6) is 0 Å². The molecule has 1 unspecified atom stereocenters. The average Bonchev–Trinajstić information content (AvgIpc) is 1.84. The van der Waals surface area contributed by atoms with Crippen LogP contribution in [0.2, 0.25) is 0 Å². The molecule has 2 nitrogen and oxygen atoms in total. The van der Waals surface area contributed by atoms with Crippen LogP contribution in [0.1, 0.15) is 0 Å². The van der Waals surface area contributed by atoms with Crippen molar-refractivity contribution in [1.82, 2.24) is 0 Å². The predicted octanol–water partition coefficient (Wildman–Crippen LogP) is 1.23. The molecule has 1 atom stereocenters. The van der Waals surface area contributed by atoms with Crippen LogP contribution in [0.15, 0.2) is 12.2 Å². The molecular formula is C5H5F3O2. The summed E-state index contributed by atoms with van der Waals surface area (Å²) in [4.78, 5) is 9.77. The van der Waals surface area contributed by atoms with Gasteiger partial charge in [0.05, 0.1) is 5.57 Å². The van der Waals surface area contributed by atoms with E-state index in [4.69, 9.17) is 5.11 Å². The minimum absolute atomic E-state index is 1.12. The van der Waals surface area contributed by atoms with E-state index in [0.717, 1.165) is 0 Å². The molecule has 0 aliphatic rings. The quantitative estimate of drug-likeness (QED) is 0.620. The number of hydrogen-bond donors (Lipinski definition) is 1. The molecule has 0 saturated heterocycles. The zero-order valence-corrected chi connectivity index (χ0v) is 4.85. The second-order valence-electron chi connectivity index (χ2n) is 1.57. The van der Waals surface area contributed by atoms with Crippen LogP contribution in [-0.2, 0) is 4.79 Å². The molecule has 0 fully saturated rings. The van der Waals surface area contributed by atoms with Gasteiger partial charge in [0.15, 0.2) is 6.17 Å². The monoisotopic (exact) mass is 154 g/mol. The molecule has 0 saturated carbocycles. The van der Waals surface area contributed by atoms with Crippen LogP contribution >= 0.6 is 0 Å². The fourth-order valence-corrected chi connectivity index (χ4v) is 0.270. The van der Waals surface area contributed by atoms with Gasteiger partial charge in [-0.05, 0) is 0 Å². The van der Waals surface area contributed by atoms with Gasteiger partial charge in [0.2, 0.25) is 0 Å². The van der Waals surface area contributed by atoms with Crippen LogP contribution in [-0.4, -0.2) is 23.7 Å². The summed E-state index contributed by atoms with van der Waals surface area (Å²) in [6, 6.07) is 0. The molecule has 58 valence electrons. The third-order valence-electron chi connectivity index (χ3n) is 0.829. The van der Waals surface area contributed by atoms with Crippen molar-refractivity contribution in [3.63, 3.8) is 0 Å². The lowest BCUT2D eigenvalue weighted by Gasteiger charge is -2.04. The Hall–Kier alpha value is -1.00. The highest BCUT2D eigenvalue weighted by Gasteiger charge is 2.26. The maximum atomic E-state index is 11.9. The summed E-state index contributed by atoms with van der Waals surface area (Å²) in [7, 11) is 0. The van der Waals surface area contributed by atoms with E-state index in [2.05, 4.69) is 6.58 Å². The van der Waals surface area contributed by atoms with Crippen molar-refractivity contribution in [2.24, 2.45) is 0 Å². The van der Waals surface area contributed by atoms with Crippen molar-refractivity contribution in [3.8, 4) is 0 Å². The Morgan fingerprint density at radius 3 is 1.90 bits per heavy atom. The molecule has 0 aromatic carbocycles. The third-order valence-corrected chi connectivity index (χ3v) is 0.829. The summed E-state index contributed by atoms with van der Waals surface area (Å²) in [5, 5.41) is 7.93. The van der Waals surface area contributed by atoms with Gasteiger partial charge in [-0.1, -0.05) is 6.58 Å². The molecule has 0 amide bonds. The first-order valence-corrected chi connectivity index (χ1v) is 2.31. The van der Waals surface area contributed by atoms with E-state index in [1.807, 2.05) is 0 Å². The van der Waals surface area contributed by atoms with Crippen molar-refractivity contribution in [2.45, 2.75) is 12.6 Å². The van der Waals surface area contributed by atoms with Gasteiger partial charge in [-0.25, -0.2) is 18.0 Å². The van der Waals surface area contributed by atoms with Gasteiger partial charge in [-0.3, -0.25) is 0 Å². The van der Waals surface area contributed by atoms with Crippen molar-refractivity contribution in [2.75, 3.05) is 0 Å². The van der Waals surface area contributed by atoms with E-state index in [0.29, 0.717) is 0 Å². The van der Waals surface area contributed by atoms with E-state index in [-0.39, 0.29) is 0 Å². The molecule has 1 N–H and O–H groups in total. The van der Waals surface area contributed by atoms with E-state index < -0.39 is 24.1 Å². The molecule has 0 spiro atoms. The fraction of sp³-hybridized carbons (Fsp3) is 0.400. The number of carboxylic acids is 1. The summed E-state index contributed by atoms with van der Waals surface area (Å²) < 4.78 is 34.6. The van der Waals surface area contributed by atoms with Crippen LogP contribution < -0.4 is 0 Å². The number of alkyl halides is 3. The summed E-state index contributed by atoms with van der Waals surface area (Å²) in [6.07, 6.45) is -6.08. The zero-order chi connectivity index (χ0) is 8.31. The lowest BCUT2D eigenvalue weighted by atomic mass is 10.2. The maximum absolute atomic E-state index is 11.9. The smallest absolute Gasteiger partial charge is 0.334 e. The Morgan fingerprint density at radius 2 is 1.80 bits per heavy atom. The highest BCUT2D eigenvalue weighted by Crippen LogP contribution is 2.13. The Kier molecular flexibility index (Phi) is 2.92. The van der Waals surface area contributed by atoms with Crippen molar-refractivity contribution in [3.05, 3.63) is 12.2 Å². The normalized spacial score (nSPS) is 13.2. The van der Waals surface area contributed by atoms with Gasteiger partial charge in [0.1, 0.15) is 0 Å². The van der Waals surface area contributed by atoms with Gasteiger partial charge >= 0.3 is 5.97 Å². The molecule has 0 aliphatic heterocycles. The lowest BCUT2D eigenvalue weighted by molar-refractivity contribution is -0.134. The Balaban J connectivity index is 4.08. The molecule has 0 radical (unpaired) electrons. The molecule has 0 aromatic heterocycles. The maximum Gasteiger partial charge on any atom is 0.334 e. The number of rotatable bonds is 3. The molecule has 5 heteroatoms. The summed E-state index contributed by atoms with van der Waals surface area (Å²) in [5.74, 6) is -1.74. The standard InChI is InChI=1S/C5H5F3O2/c1-2(5(9)10)3(6)4(7)8/h3-4H,1H2,(H,9,10). The minimum Gasteiger partial charge on any atom is -0.478 e. The molecule has 0 heterocycles. The lowest BCUT2D eigenvalue weighted by Crippen LogP contribution is -2.19. The average molecular weight is 154 g/mol.